The maximum absolute atomic E-state index is 12.6. The topological polar surface area (TPSA) is 55.1 Å². The molecule has 0 bridgehead atoms. The maximum atomic E-state index is 12.6. The molecule has 1 unspecified atom stereocenters. The van der Waals surface area contributed by atoms with E-state index in [4.69, 9.17) is 4.42 Å². The first-order valence-corrected chi connectivity index (χ1v) is 8.55. The van der Waals surface area contributed by atoms with Gasteiger partial charge in [0.25, 0.3) is 5.91 Å². The SMILES string of the molecule is CC(C)C(NC(=O)c1ccccc1I)c1nc2ccccc2o1. The minimum absolute atomic E-state index is 0.115. The van der Waals surface area contributed by atoms with E-state index >= 15 is 0 Å². The van der Waals surface area contributed by atoms with E-state index < -0.39 is 0 Å². The summed E-state index contributed by atoms with van der Waals surface area (Å²) in [6.45, 7) is 4.07. The van der Waals surface area contributed by atoms with Crippen molar-refractivity contribution in [1.29, 1.82) is 0 Å². The predicted octanol–water partition coefficient (Wildman–Crippen LogP) is 4.56. The van der Waals surface area contributed by atoms with E-state index in [2.05, 4.69) is 32.9 Å². The van der Waals surface area contributed by atoms with Crippen LogP contribution in [0.1, 0.15) is 36.1 Å². The Morgan fingerprint density at radius 3 is 2.52 bits per heavy atom. The average Bonchev–Trinajstić information content (AvgIpc) is 2.96. The maximum Gasteiger partial charge on any atom is 0.253 e. The zero-order chi connectivity index (χ0) is 16.4. The molecule has 23 heavy (non-hydrogen) atoms. The number of hydrogen-bond acceptors (Lipinski definition) is 3. The van der Waals surface area contributed by atoms with Gasteiger partial charge in [-0.2, -0.15) is 0 Å². The molecule has 2 aromatic carbocycles. The predicted molar refractivity (Wildman–Crippen MR) is 98.2 cm³/mol. The lowest BCUT2D eigenvalue weighted by molar-refractivity contribution is 0.0916. The smallest absolute Gasteiger partial charge is 0.253 e. The van der Waals surface area contributed by atoms with Gasteiger partial charge in [0.05, 0.1) is 5.56 Å². The zero-order valence-corrected chi connectivity index (χ0v) is 15.1. The van der Waals surface area contributed by atoms with E-state index in [-0.39, 0.29) is 17.9 Å². The molecule has 0 spiro atoms. The fourth-order valence-corrected chi connectivity index (χ4v) is 3.03. The molecule has 5 heteroatoms. The molecular weight excluding hydrogens is 403 g/mol. The van der Waals surface area contributed by atoms with E-state index in [9.17, 15) is 4.79 Å². The van der Waals surface area contributed by atoms with E-state index in [0.717, 1.165) is 14.7 Å². The Morgan fingerprint density at radius 1 is 1.13 bits per heavy atom. The zero-order valence-electron chi connectivity index (χ0n) is 12.9. The Bertz CT molecular complexity index is 809. The fraction of sp³-hybridized carbons (Fsp3) is 0.222. The largest absolute Gasteiger partial charge is 0.438 e. The lowest BCUT2D eigenvalue weighted by atomic mass is 10.0. The molecule has 0 aliphatic carbocycles. The van der Waals surface area contributed by atoms with Crippen LogP contribution < -0.4 is 5.32 Å². The molecule has 0 aliphatic heterocycles. The second-order valence-corrected chi connectivity index (χ2v) is 6.86. The first-order chi connectivity index (χ1) is 11.1. The number of benzene rings is 2. The second kappa shape index (κ2) is 6.70. The van der Waals surface area contributed by atoms with Crippen molar-refractivity contribution >= 4 is 39.6 Å². The van der Waals surface area contributed by atoms with Crippen molar-refractivity contribution in [2.24, 2.45) is 5.92 Å². The van der Waals surface area contributed by atoms with Crippen LogP contribution in [0.25, 0.3) is 11.1 Å². The van der Waals surface area contributed by atoms with Gasteiger partial charge in [-0.25, -0.2) is 4.98 Å². The number of aromatic nitrogens is 1. The summed E-state index contributed by atoms with van der Waals surface area (Å²) in [4.78, 5) is 17.1. The standard InChI is InChI=1S/C18H17IN2O2/c1-11(2)16(18-20-14-9-5-6-10-15(14)23-18)21-17(22)12-7-3-4-8-13(12)19/h3-11,16H,1-2H3,(H,21,22). The van der Waals surface area contributed by atoms with Gasteiger partial charge in [0.1, 0.15) is 11.6 Å². The molecule has 118 valence electrons. The van der Waals surface area contributed by atoms with Gasteiger partial charge < -0.3 is 9.73 Å². The number of carbonyl (C=O) groups excluding carboxylic acids is 1. The number of nitrogens with one attached hydrogen (secondary N) is 1. The van der Waals surface area contributed by atoms with E-state index in [1.54, 1.807) is 0 Å². The fourth-order valence-electron chi connectivity index (χ4n) is 2.40. The molecule has 1 aromatic heterocycles. The van der Waals surface area contributed by atoms with Crippen LogP contribution in [-0.2, 0) is 0 Å². The third kappa shape index (κ3) is 3.39. The normalized spacial score (nSPS) is 12.5. The van der Waals surface area contributed by atoms with Crippen LogP contribution in [0.4, 0.5) is 0 Å². The monoisotopic (exact) mass is 420 g/mol. The highest BCUT2D eigenvalue weighted by Gasteiger charge is 2.24. The number of halogens is 1. The number of carbonyl (C=O) groups is 1. The summed E-state index contributed by atoms with van der Waals surface area (Å²) in [7, 11) is 0. The van der Waals surface area contributed by atoms with Crippen molar-refractivity contribution in [2.75, 3.05) is 0 Å². The van der Waals surface area contributed by atoms with Crippen LogP contribution in [0.2, 0.25) is 0 Å². The van der Waals surface area contributed by atoms with Crippen molar-refractivity contribution < 1.29 is 9.21 Å². The molecule has 1 N–H and O–H groups in total. The average molecular weight is 420 g/mol. The highest BCUT2D eigenvalue weighted by atomic mass is 127. The summed E-state index contributed by atoms with van der Waals surface area (Å²) in [6.07, 6.45) is 0. The van der Waals surface area contributed by atoms with Crippen LogP contribution in [0.5, 0.6) is 0 Å². The van der Waals surface area contributed by atoms with Crippen LogP contribution >= 0.6 is 22.6 Å². The number of rotatable bonds is 4. The molecule has 1 amide bonds. The van der Waals surface area contributed by atoms with Gasteiger partial charge in [0.15, 0.2) is 5.58 Å². The summed E-state index contributed by atoms with van der Waals surface area (Å²) < 4.78 is 6.75. The number of fused-ring (bicyclic) bond motifs is 1. The quantitative estimate of drug-likeness (QED) is 0.630. The van der Waals surface area contributed by atoms with Crippen molar-refractivity contribution in [2.45, 2.75) is 19.9 Å². The molecule has 0 saturated heterocycles. The summed E-state index contributed by atoms with van der Waals surface area (Å²) >= 11 is 2.17. The summed E-state index contributed by atoms with van der Waals surface area (Å²) in [5, 5.41) is 3.05. The molecular formula is C18H17IN2O2. The summed E-state index contributed by atoms with van der Waals surface area (Å²) in [6, 6.07) is 14.9. The minimum atomic E-state index is -0.272. The first-order valence-electron chi connectivity index (χ1n) is 7.47. The molecule has 1 heterocycles. The summed E-state index contributed by atoms with van der Waals surface area (Å²) in [5.74, 6) is 0.588. The molecule has 0 radical (unpaired) electrons. The Labute approximate surface area is 148 Å². The minimum Gasteiger partial charge on any atom is -0.438 e. The van der Waals surface area contributed by atoms with Crippen molar-refractivity contribution in [3.8, 4) is 0 Å². The molecule has 0 aliphatic rings. The number of oxazole rings is 1. The van der Waals surface area contributed by atoms with Crippen molar-refractivity contribution in [3.63, 3.8) is 0 Å². The lowest BCUT2D eigenvalue weighted by Crippen LogP contribution is -2.32. The Balaban J connectivity index is 1.90. The van der Waals surface area contributed by atoms with Crippen molar-refractivity contribution in [3.05, 3.63) is 63.6 Å². The molecule has 4 nitrogen and oxygen atoms in total. The molecule has 1 atom stereocenters. The van der Waals surface area contributed by atoms with Gasteiger partial charge >= 0.3 is 0 Å². The van der Waals surface area contributed by atoms with E-state index in [1.165, 1.54) is 0 Å². The van der Waals surface area contributed by atoms with Crippen LogP contribution in [0.15, 0.2) is 52.9 Å². The van der Waals surface area contributed by atoms with E-state index in [1.807, 2.05) is 62.4 Å². The van der Waals surface area contributed by atoms with Gasteiger partial charge in [-0.05, 0) is 52.8 Å². The van der Waals surface area contributed by atoms with Gasteiger partial charge in [0.2, 0.25) is 5.89 Å². The Morgan fingerprint density at radius 2 is 1.83 bits per heavy atom. The van der Waals surface area contributed by atoms with Crippen LogP contribution in [-0.4, -0.2) is 10.9 Å². The molecule has 3 aromatic rings. The lowest BCUT2D eigenvalue weighted by Gasteiger charge is -2.19. The highest BCUT2D eigenvalue weighted by molar-refractivity contribution is 14.1. The number of hydrogen-bond donors (Lipinski definition) is 1. The third-order valence-corrected chi connectivity index (χ3v) is 4.59. The van der Waals surface area contributed by atoms with E-state index in [0.29, 0.717) is 11.5 Å². The van der Waals surface area contributed by atoms with Gasteiger partial charge in [-0.1, -0.05) is 38.1 Å². The molecule has 0 fully saturated rings. The van der Waals surface area contributed by atoms with Gasteiger partial charge in [-0.15, -0.1) is 0 Å². The molecule has 3 rings (SSSR count). The van der Waals surface area contributed by atoms with Gasteiger partial charge in [0, 0.05) is 3.57 Å². The third-order valence-electron chi connectivity index (χ3n) is 3.65. The second-order valence-electron chi connectivity index (χ2n) is 5.69. The number of nitrogens with zero attached hydrogens (tertiary/aromatic N) is 1. The summed E-state index contributed by atoms with van der Waals surface area (Å²) in [5.41, 5.74) is 2.20. The van der Waals surface area contributed by atoms with Crippen molar-refractivity contribution in [1.82, 2.24) is 10.3 Å². The van der Waals surface area contributed by atoms with Crippen LogP contribution in [0.3, 0.4) is 0 Å². The Hall–Kier alpha value is -1.89. The first kappa shape index (κ1) is 16.0. The number of amides is 1. The van der Waals surface area contributed by atoms with Crippen LogP contribution in [0, 0.1) is 9.49 Å². The van der Waals surface area contributed by atoms with Gasteiger partial charge in [-0.3, -0.25) is 4.79 Å². The highest BCUT2D eigenvalue weighted by Crippen LogP contribution is 2.26. The molecule has 0 saturated carbocycles. The number of para-hydroxylation sites is 2. The Kier molecular flexibility index (Phi) is 4.66.